The van der Waals surface area contributed by atoms with E-state index in [0.29, 0.717) is 35.4 Å². The lowest BCUT2D eigenvalue weighted by molar-refractivity contribution is -0.127. The van der Waals surface area contributed by atoms with Gasteiger partial charge in [0.25, 0.3) is 0 Å². The minimum absolute atomic E-state index is 0.0168. The molecule has 26 heavy (non-hydrogen) atoms. The first-order valence-electron chi connectivity index (χ1n) is 8.02. The molecule has 8 heteroatoms. The number of nitrogens with zero attached hydrogens (tertiary/aromatic N) is 2. The Hall–Kier alpha value is -2.90. The molecule has 0 radical (unpaired) electrons. The van der Waals surface area contributed by atoms with Crippen LogP contribution in [0.2, 0.25) is 0 Å². The maximum absolute atomic E-state index is 11.8. The van der Waals surface area contributed by atoms with Gasteiger partial charge in [0.15, 0.2) is 17.5 Å². The van der Waals surface area contributed by atoms with E-state index in [0.717, 1.165) is 5.57 Å². The number of methoxy groups -OCH3 is 3. The lowest BCUT2D eigenvalue weighted by atomic mass is 10.2. The third-order valence-electron chi connectivity index (χ3n) is 3.36. The van der Waals surface area contributed by atoms with Gasteiger partial charge in [-0.05, 0) is 6.92 Å². The van der Waals surface area contributed by atoms with Gasteiger partial charge in [0.1, 0.15) is 6.54 Å². The maximum atomic E-state index is 11.8. The smallest absolute Gasteiger partial charge is 0.243 e. The number of benzene rings is 1. The Kier molecular flexibility index (Phi) is 8.27. The van der Waals surface area contributed by atoms with E-state index in [2.05, 4.69) is 22.2 Å². The van der Waals surface area contributed by atoms with Crippen LogP contribution in [0.3, 0.4) is 0 Å². The van der Waals surface area contributed by atoms with E-state index in [1.165, 1.54) is 4.90 Å². The minimum atomic E-state index is -0.105. The molecule has 0 atom stereocenters. The molecule has 1 amide bonds. The number of ether oxygens (including phenoxy) is 3. The highest BCUT2D eigenvalue weighted by Crippen LogP contribution is 2.39. The van der Waals surface area contributed by atoms with E-state index < -0.39 is 0 Å². The predicted molar refractivity (Wildman–Crippen MR) is 104 cm³/mol. The summed E-state index contributed by atoms with van der Waals surface area (Å²) in [5.74, 6) is 1.86. The Morgan fingerprint density at radius 3 is 2.15 bits per heavy atom. The Balaban J connectivity index is 3.10. The van der Waals surface area contributed by atoms with E-state index in [1.54, 1.807) is 47.6 Å². The third-order valence-corrected chi connectivity index (χ3v) is 3.36. The van der Waals surface area contributed by atoms with Crippen LogP contribution in [0.1, 0.15) is 6.92 Å². The van der Waals surface area contributed by atoms with Crippen molar-refractivity contribution in [3.8, 4) is 17.2 Å². The lowest BCUT2D eigenvalue weighted by Gasteiger charge is -2.17. The van der Waals surface area contributed by atoms with Crippen LogP contribution in [-0.2, 0) is 4.79 Å². The third kappa shape index (κ3) is 6.19. The number of anilines is 1. The molecule has 0 heterocycles. The van der Waals surface area contributed by atoms with Gasteiger partial charge in [-0.25, -0.2) is 4.99 Å². The van der Waals surface area contributed by atoms with Gasteiger partial charge in [-0.1, -0.05) is 12.2 Å². The normalized spacial score (nSPS) is 10.8. The number of guanidine groups is 1. The fourth-order valence-electron chi connectivity index (χ4n) is 1.95. The van der Waals surface area contributed by atoms with Crippen molar-refractivity contribution in [3.05, 3.63) is 24.3 Å². The second-order valence-corrected chi connectivity index (χ2v) is 5.80. The summed E-state index contributed by atoms with van der Waals surface area (Å²) < 4.78 is 16.0. The van der Waals surface area contributed by atoms with Crippen LogP contribution in [0.25, 0.3) is 0 Å². The number of hydrogen-bond acceptors (Lipinski definition) is 5. The summed E-state index contributed by atoms with van der Waals surface area (Å²) in [5.41, 5.74) is 1.60. The van der Waals surface area contributed by atoms with Gasteiger partial charge in [-0.15, -0.1) is 0 Å². The van der Waals surface area contributed by atoms with Crippen LogP contribution in [0.5, 0.6) is 17.2 Å². The molecule has 0 aliphatic rings. The summed E-state index contributed by atoms with van der Waals surface area (Å²) >= 11 is 0. The van der Waals surface area contributed by atoms with Crippen molar-refractivity contribution in [1.82, 2.24) is 10.2 Å². The fourth-order valence-corrected chi connectivity index (χ4v) is 1.95. The molecule has 0 unspecified atom stereocenters. The average Bonchev–Trinajstić information content (AvgIpc) is 2.62. The molecule has 0 saturated heterocycles. The highest BCUT2D eigenvalue weighted by atomic mass is 16.5. The zero-order valence-corrected chi connectivity index (χ0v) is 16.3. The van der Waals surface area contributed by atoms with Crippen molar-refractivity contribution in [2.45, 2.75) is 6.92 Å². The summed E-state index contributed by atoms with van der Waals surface area (Å²) in [7, 11) is 8.01. The molecule has 0 saturated carbocycles. The second-order valence-electron chi connectivity index (χ2n) is 5.80. The van der Waals surface area contributed by atoms with Gasteiger partial charge in [-0.2, -0.15) is 0 Å². The SMILES string of the molecule is C=C(C)CNC(=NCC(=O)N(C)C)Nc1cc(OC)c(OC)c(OC)c1. The van der Waals surface area contributed by atoms with Crippen LogP contribution < -0.4 is 24.8 Å². The zero-order chi connectivity index (χ0) is 19.7. The largest absolute Gasteiger partial charge is 0.493 e. The van der Waals surface area contributed by atoms with Crippen LogP contribution in [0, 0.1) is 0 Å². The van der Waals surface area contributed by atoms with E-state index in [9.17, 15) is 4.79 Å². The summed E-state index contributed by atoms with van der Waals surface area (Å²) in [6, 6.07) is 3.51. The molecule has 2 N–H and O–H groups in total. The molecule has 0 aromatic heterocycles. The van der Waals surface area contributed by atoms with Crippen molar-refractivity contribution < 1.29 is 19.0 Å². The highest BCUT2D eigenvalue weighted by molar-refractivity contribution is 5.95. The standard InChI is InChI=1S/C18H28N4O4/c1-12(2)10-19-18(20-11-16(23)22(3)4)21-13-8-14(24-5)17(26-7)15(9-13)25-6/h8-9H,1,10-11H2,2-7H3,(H2,19,20,21). The van der Waals surface area contributed by atoms with Crippen molar-refractivity contribution in [2.24, 2.45) is 4.99 Å². The number of amides is 1. The van der Waals surface area contributed by atoms with Gasteiger partial charge in [0.05, 0.1) is 21.3 Å². The van der Waals surface area contributed by atoms with Crippen molar-refractivity contribution in [1.29, 1.82) is 0 Å². The molecular weight excluding hydrogens is 336 g/mol. The Morgan fingerprint density at radius 1 is 1.15 bits per heavy atom. The number of carbonyl (C=O) groups excluding carboxylic acids is 1. The highest BCUT2D eigenvalue weighted by Gasteiger charge is 2.14. The van der Waals surface area contributed by atoms with Gasteiger partial charge >= 0.3 is 0 Å². The number of likely N-dealkylation sites (N-methyl/N-ethyl adjacent to an activating group) is 1. The zero-order valence-electron chi connectivity index (χ0n) is 16.3. The van der Waals surface area contributed by atoms with E-state index in [1.807, 2.05) is 6.92 Å². The molecule has 144 valence electrons. The topological polar surface area (TPSA) is 84.4 Å². The first-order valence-corrected chi connectivity index (χ1v) is 8.02. The quantitative estimate of drug-likeness (QED) is 0.415. The number of nitrogens with one attached hydrogen (secondary N) is 2. The fraction of sp³-hybridized carbons (Fsp3) is 0.444. The molecule has 0 spiro atoms. The average molecular weight is 364 g/mol. The van der Waals surface area contributed by atoms with Gasteiger partial charge in [0.2, 0.25) is 11.7 Å². The molecule has 1 rings (SSSR count). The van der Waals surface area contributed by atoms with Gasteiger partial charge in [0, 0.05) is 38.5 Å². The summed E-state index contributed by atoms with van der Waals surface area (Å²) in [6.07, 6.45) is 0. The van der Waals surface area contributed by atoms with Crippen LogP contribution in [0.15, 0.2) is 29.3 Å². The first kappa shape index (κ1) is 21.1. The molecule has 8 nitrogen and oxygen atoms in total. The van der Waals surface area contributed by atoms with Crippen molar-refractivity contribution in [3.63, 3.8) is 0 Å². The summed E-state index contributed by atoms with van der Waals surface area (Å²) in [6.45, 7) is 6.29. The molecular formula is C18H28N4O4. The monoisotopic (exact) mass is 364 g/mol. The van der Waals surface area contributed by atoms with E-state index >= 15 is 0 Å². The first-order chi connectivity index (χ1) is 12.3. The molecule has 0 aliphatic carbocycles. The summed E-state index contributed by atoms with van der Waals surface area (Å²) in [5, 5.41) is 6.26. The van der Waals surface area contributed by atoms with E-state index in [4.69, 9.17) is 14.2 Å². The number of carbonyl (C=O) groups is 1. The second kappa shape index (κ2) is 10.2. The van der Waals surface area contributed by atoms with Crippen molar-refractivity contribution >= 4 is 17.6 Å². The number of rotatable bonds is 8. The molecule has 0 fully saturated rings. The van der Waals surface area contributed by atoms with Crippen molar-refractivity contribution in [2.75, 3.05) is 53.8 Å². The summed E-state index contributed by atoms with van der Waals surface area (Å²) in [4.78, 5) is 17.6. The van der Waals surface area contributed by atoms with Gasteiger partial charge in [-0.3, -0.25) is 4.79 Å². The van der Waals surface area contributed by atoms with Crippen LogP contribution >= 0.6 is 0 Å². The minimum Gasteiger partial charge on any atom is -0.493 e. The molecule has 0 aliphatic heterocycles. The number of aliphatic imine (C=N–C) groups is 1. The number of hydrogen-bond donors (Lipinski definition) is 2. The van der Waals surface area contributed by atoms with Gasteiger partial charge < -0.3 is 29.7 Å². The molecule has 1 aromatic carbocycles. The Labute approximate surface area is 154 Å². The Bertz CT molecular complexity index is 646. The lowest BCUT2D eigenvalue weighted by Crippen LogP contribution is -2.34. The molecule has 1 aromatic rings. The maximum Gasteiger partial charge on any atom is 0.243 e. The molecule has 0 bridgehead atoms. The van der Waals surface area contributed by atoms with Crippen LogP contribution in [0.4, 0.5) is 5.69 Å². The van der Waals surface area contributed by atoms with Crippen LogP contribution in [-0.4, -0.2) is 65.3 Å². The predicted octanol–water partition coefficient (Wildman–Crippen LogP) is 1.73. The Morgan fingerprint density at radius 2 is 1.73 bits per heavy atom. The van der Waals surface area contributed by atoms with E-state index in [-0.39, 0.29) is 12.5 Å².